The summed E-state index contributed by atoms with van der Waals surface area (Å²) < 4.78 is 6.70. The molecule has 6 heteroatoms. The van der Waals surface area contributed by atoms with Gasteiger partial charge in [0.1, 0.15) is 17.2 Å². The first-order valence-corrected chi connectivity index (χ1v) is 7.23. The van der Waals surface area contributed by atoms with Crippen LogP contribution in [0.1, 0.15) is 6.92 Å². The molecule has 1 amide bonds. The SMILES string of the molecule is CCOC(=O)Nc1c(-c2ccccc2)nc2ccc(Cl)cn12. The van der Waals surface area contributed by atoms with Crippen LogP contribution in [0.5, 0.6) is 0 Å². The van der Waals surface area contributed by atoms with E-state index in [1.165, 1.54) is 0 Å². The Kier molecular flexibility index (Phi) is 3.98. The number of carbonyl (C=O) groups is 1. The van der Waals surface area contributed by atoms with Crippen molar-refractivity contribution in [2.24, 2.45) is 0 Å². The number of nitrogens with one attached hydrogen (secondary N) is 1. The highest BCUT2D eigenvalue weighted by Gasteiger charge is 2.16. The van der Waals surface area contributed by atoms with Crippen LogP contribution in [0, 0.1) is 0 Å². The lowest BCUT2D eigenvalue weighted by Crippen LogP contribution is -2.15. The molecule has 0 atom stereocenters. The highest BCUT2D eigenvalue weighted by molar-refractivity contribution is 6.30. The number of ether oxygens (including phenoxy) is 1. The van der Waals surface area contributed by atoms with Crippen molar-refractivity contribution in [1.29, 1.82) is 0 Å². The normalized spacial score (nSPS) is 10.6. The van der Waals surface area contributed by atoms with Gasteiger partial charge in [-0.3, -0.25) is 9.72 Å². The minimum Gasteiger partial charge on any atom is -0.450 e. The maximum absolute atomic E-state index is 11.8. The number of carbonyl (C=O) groups excluding carboxylic acids is 1. The van der Waals surface area contributed by atoms with Gasteiger partial charge in [-0.15, -0.1) is 0 Å². The van der Waals surface area contributed by atoms with E-state index in [2.05, 4.69) is 10.3 Å². The zero-order valence-electron chi connectivity index (χ0n) is 11.9. The Bertz CT molecular complexity index is 815. The number of anilines is 1. The zero-order chi connectivity index (χ0) is 15.5. The van der Waals surface area contributed by atoms with Crippen molar-refractivity contribution in [1.82, 2.24) is 9.38 Å². The lowest BCUT2D eigenvalue weighted by molar-refractivity contribution is 0.168. The molecule has 2 heterocycles. The fourth-order valence-corrected chi connectivity index (χ4v) is 2.36. The lowest BCUT2D eigenvalue weighted by atomic mass is 10.1. The minimum atomic E-state index is -0.526. The summed E-state index contributed by atoms with van der Waals surface area (Å²) in [7, 11) is 0. The monoisotopic (exact) mass is 315 g/mol. The molecular formula is C16H14ClN3O2. The number of imidazole rings is 1. The highest BCUT2D eigenvalue weighted by atomic mass is 35.5. The molecule has 3 rings (SSSR count). The van der Waals surface area contributed by atoms with Crippen LogP contribution >= 0.6 is 11.6 Å². The van der Waals surface area contributed by atoms with Crippen LogP contribution in [0.3, 0.4) is 0 Å². The van der Waals surface area contributed by atoms with E-state index in [0.717, 1.165) is 5.56 Å². The third-order valence-corrected chi connectivity index (χ3v) is 3.35. The third kappa shape index (κ3) is 2.76. The van der Waals surface area contributed by atoms with E-state index in [4.69, 9.17) is 16.3 Å². The third-order valence-electron chi connectivity index (χ3n) is 3.13. The molecule has 112 valence electrons. The Morgan fingerprint density at radius 3 is 2.77 bits per heavy atom. The average Bonchev–Trinajstić information content (AvgIpc) is 2.86. The van der Waals surface area contributed by atoms with Gasteiger partial charge in [-0.1, -0.05) is 41.9 Å². The standard InChI is InChI=1S/C16H14ClN3O2/c1-2-22-16(21)19-15-14(11-6-4-3-5-7-11)18-13-9-8-12(17)10-20(13)15/h3-10H,2H2,1H3,(H,19,21). The van der Waals surface area contributed by atoms with Crippen LogP contribution in [0.2, 0.25) is 5.02 Å². The molecule has 0 saturated carbocycles. The number of benzene rings is 1. The quantitative estimate of drug-likeness (QED) is 0.787. The van der Waals surface area contributed by atoms with Crippen LogP contribution in [0.25, 0.3) is 16.9 Å². The number of aromatic nitrogens is 2. The maximum Gasteiger partial charge on any atom is 0.412 e. The summed E-state index contributed by atoms with van der Waals surface area (Å²) in [6.07, 6.45) is 1.18. The molecule has 2 aromatic heterocycles. The molecule has 3 aromatic rings. The van der Waals surface area contributed by atoms with E-state index in [1.807, 2.05) is 30.3 Å². The smallest absolute Gasteiger partial charge is 0.412 e. The van der Waals surface area contributed by atoms with Crippen molar-refractivity contribution in [3.8, 4) is 11.3 Å². The van der Waals surface area contributed by atoms with E-state index in [9.17, 15) is 4.79 Å². The number of pyridine rings is 1. The van der Waals surface area contributed by atoms with Gasteiger partial charge >= 0.3 is 6.09 Å². The van der Waals surface area contributed by atoms with E-state index in [1.54, 1.807) is 29.7 Å². The second kappa shape index (κ2) is 6.07. The number of nitrogens with zero attached hydrogens (tertiary/aromatic N) is 2. The summed E-state index contributed by atoms with van der Waals surface area (Å²) in [5, 5.41) is 3.29. The van der Waals surface area contributed by atoms with Crippen molar-refractivity contribution in [3.05, 3.63) is 53.7 Å². The highest BCUT2D eigenvalue weighted by Crippen LogP contribution is 2.29. The van der Waals surface area contributed by atoms with E-state index < -0.39 is 6.09 Å². The molecule has 1 aromatic carbocycles. The predicted molar refractivity (Wildman–Crippen MR) is 86.3 cm³/mol. The van der Waals surface area contributed by atoms with Crippen molar-refractivity contribution >= 4 is 29.2 Å². The van der Waals surface area contributed by atoms with Gasteiger partial charge in [0.15, 0.2) is 0 Å². The molecule has 1 N–H and O–H groups in total. The molecule has 0 saturated heterocycles. The Hall–Kier alpha value is -2.53. The van der Waals surface area contributed by atoms with Gasteiger partial charge in [-0.25, -0.2) is 9.78 Å². The van der Waals surface area contributed by atoms with Crippen LogP contribution in [-0.2, 0) is 4.74 Å². The van der Waals surface area contributed by atoms with Crippen LogP contribution in [0.15, 0.2) is 48.7 Å². The second-order valence-electron chi connectivity index (χ2n) is 4.60. The molecule has 0 radical (unpaired) electrons. The van der Waals surface area contributed by atoms with Crippen molar-refractivity contribution in [2.75, 3.05) is 11.9 Å². The van der Waals surface area contributed by atoms with E-state index in [-0.39, 0.29) is 0 Å². The minimum absolute atomic E-state index is 0.296. The van der Waals surface area contributed by atoms with Crippen molar-refractivity contribution in [2.45, 2.75) is 6.92 Å². The fourth-order valence-electron chi connectivity index (χ4n) is 2.20. The first-order valence-electron chi connectivity index (χ1n) is 6.86. The summed E-state index contributed by atoms with van der Waals surface area (Å²) in [5.74, 6) is 0.530. The molecular weight excluding hydrogens is 302 g/mol. The summed E-state index contributed by atoms with van der Waals surface area (Å²) in [6, 6.07) is 13.2. The fraction of sp³-hybridized carbons (Fsp3) is 0.125. The number of rotatable bonds is 3. The van der Waals surface area contributed by atoms with Gasteiger partial charge in [0, 0.05) is 11.8 Å². The second-order valence-corrected chi connectivity index (χ2v) is 5.03. The Morgan fingerprint density at radius 2 is 2.05 bits per heavy atom. The van der Waals surface area contributed by atoms with E-state index >= 15 is 0 Å². The maximum atomic E-state index is 11.8. The number of hydrogen-bond acceptors (Lipinski definition) is 3. The summed E-state index contributed by atoms with van der Waals surface area (Å²) in [5.41, 5.74) is 2.25. The summed E-state index contributed by atoms with van der Waals surface area (Å²) in [6.45, 7) is 2.05. The van der Waals surface area contributed by atoms with Crippen LogP contribution < -0.4 is 5.32 Å². The topological polar surface area (TPSA) is 55.6 Å². The van der Waals surface area contributed by atoms with Gasteiger partial charge in [-0.05, 0) is 19.1 Å². The summed E-state index contributed by atoms with van der Waals surface area (Å²) >= 11 is 6.05. The van der Waals surface area contributed by atoms with Gasteiger partial charge < -0.3 is 4.74 Å². The number of halogens is 1. The lowest BCUT2D eigenvalue weighted by Gasteiger charge is -2.07. The van der Waals surface area contributed by atoms with Gasteiger partial charge in [0.05, 0.1) is 11.6 Å². The van der Waals surface area contributed by atoms with Gasteiger partial charge in [-0.2, -0.15) is 0 Å². The molecule has 0 aliphatic rings. The van der Waals surface area contributed by atoms with Crippen molar-refractivity contribution in [3.63, 3.8) is 0 Å². The average molecular weight is 316 g/mol. The molecule has 5 nitrogen and oxygen atoms in total. The molecule has 22 heavy (non-hydrogen) atoms. The Balaban J connectivity index is 2.16. The van der Waals surface area contributed by atoms with Gasteiger partial charge in [0.25, 0.3) is 0 Å². The zero-order valence-corrected chi connectivity index (χ0v) is 12.7. The first kappa shape index (κ1) is 14.4. The number of amides is 1. The Morgan fingerprint density at radius 1 is 1.27 bits per heavy atom. The van der Waals surface area contributed by atoms with Gasteiger partial charge in [0.2, 0.25) is 0 Å². The molecule has 0 aliphatic heterocycles. The first-order chi connectivity index (χ1) is 10.7. The number of hydrogen-bond donors (Lipinski definition) is 1. The largest absolute Gasteiger partial charge is 0.450 e. The molecule has 0 spiro atoms. The van der Waals surface area contributed by atoms with Crippen LogP contribution in [-0.4, -0.2) is 22.1 Å². The molecule has 0 bridgehead atoms. The molecule has 0 unspecified atom stereocenters. The Labute approximate surface area is 132 Å². The van der Waals surface area contributed by atoms with E-state index in [0.29, 0.717) is 28.8 Å². The number of fused-ring (bicyclic) bond motifs is 1. The molecule has 0 aliphatic carbocycles. The summed E-state index contributed by atoms with van der Waals surface area (Å²) in [4.78, 5) is 16.4. The van der Waals surface area contributed by atoms with Crippen LogP contribution in [0.4, 0.5) is 10.6 Å². The molecule has 0 fully saturated rings. The predicted octanol–water partition coefficient (Wildman–Crippen LogP) is 4.22. The van der Waals surface area contributed by atoms with Crippen molar-refractivity contribution < 1.29 is 9.53 Å².